The number of carbonyl (C=O) groups is 2. The monoisotopic (exact) mass is 277 g/mol. The molecule has 110 valence electrons. The van der Waals surface area contributed by atoms with Crippen LogP contribution in [-0.4, -0.2) is 23.5 Å². The maximum absolute atomic E-state index is 11.8. The van der Waals surface area contributed by atoms with E-state index in [0.717, 1.165) is 5.56 Å². The Labute approximate surface area is 120 Å². The minimum absolute atomic E-state index is 0.105. The molecule has 0 saturated carbocycles. The molecule has 0 fully saturated rings. The number of aliphatic carboxylic acids is 1. The SMILES string of the molecule is CCC(C)(CNC(=O)CCc1ccc(C)cc1)C(=O)O. The van der Waals surface area contributed by atoms with Crippen LogP contribution in [0.4, 0.5) is 0 Å². The molecule has 0 bridgehead atoms. The van der Waals surface area contributed by atoms with Crippen LogP contribution in [0.25, 0.3) is 0 Å². The normalized spacial score (nSPS) is 13.6. The highest BCUT2D eigenvalue weighted by molar-refractivity contribution is 5.79. The maximum Gasteiger partial charge on any atom is 0.311 e. The van der Waals surface area contributed by atoms with Crippen LogP contribution in [0.2, 0.25) is 0 Å². The minimum atomic E-state index is -0.889. The van der Waals surface area contributed by atoms with E-state index in [1.165, 1.54) is 5.56 Å². The van der Waals surface area contributed by atoms with Crippen molar-refractivity contribution in [1.29, 1.82) is 0 Å². The van der Waals surface area contributed by atoms with E-state index in [1.807, 2.05) is 38.1 Å². The Morgan fingerprint density at radius 2 is 1.85 bits per heavy atom. The molecule has 1 atom stereocenters. The van der Waals surface area contributed by atoms with Gasteiger partial charge in [0.1, 0.15) is 0 Å². The van der Waals surface area contributed by atoms with Gasteiger partial charge in [-0.3, -0.25) is 9.59 Å². The van der Waals surface area contributed by atoms with Crippen molar-refractivity contribution >= 4 is 11.9 Å². The van der Waals surface area contributed by atoms with Crippen molar-refractivity contribution in [3.8, 4) is 0 Å². The van der Waals surface area contributed by atoms with Crippen molar-refractivity contribution in [2.24, 2.45) is 5.41 Å². The van der Waals surface area contributed by atoms with Crippen LogP contribution in [0.1, 0.15) is 37.8 Å². The maximum atomic E-state index is 11.8. The lowest BCUT2D eigenvalue weighted by Crippen LogP contribution is -2.40. The van der Waals surface area contributed by atoms with Gasteiger partial charge in [-0.25, -0.2) is 0 Å². The summed E-state index contributed by atoms with van der Waals surface area (Å²) < 4.78 is 0. The van der Waals surface area contributed by atoms with Crippen molar-refractivity contribution < 1.29 is 14.7 Å². The van der Waals surface area contributed by atoms with Crippen molar-refractivity contribution in [1.82, 2.24) is 5.32 Å². The summed E-state index contributed by atoms with van der Waals surface area (Å²) in [4.78, 5) is 22.9. The lowest BCUT2D eigenvalue weighted by molar-refractivity contribution is -0.148. The largest absolute Gasteiger partial charge is 0.481 e. The molecule has 0 spiro atoms. The van der Waals surface area contributed by atoms with Crippen LogP contribution in [0, 0.1) is 12.3 Å². The zero-order valence-electron chi connectivity index (χ0n) is 12.4. The summed E-state index contributed by atoms with van der Waals surface area (Å²) >= 11 is 0. The van der Waals surface area contributed by atoms with E-state index in [9.17, 15) is 9.59 Å². The molecule has 1 aromatic carbocycles. The van der Waals surface area contributed by atoms with Crippen LogP contribution >= 0.6 is 0 Å². The van der Waals surface area contributed by atoms with Gasteiger partial charge in [-0.05, 0) is 32.3 Å². The number of rotatable bonds is 7. The van der Waals surface area contributed by atoms with Gasteiger partial charge in [-0.2, -0.15) is 0 Å². The highest BCUT2D eigenvalue weighted by Gasteiger charge is 2.31. The summed E-state index contributed by atoms with van der Waals surface area (Å²) in [5.74, 6) is -0.981. The van der Waals surface area contributed by atoms with E-state index in [1.54, 1.807) is 6.92 Å². The topological polar surface area (TPSA) is 66.4 Å². The van der Waals surface area contributed by atoms with Gasteiger partial charge in [0.15, 0.2) is 0 Å². The molecule has 1 aromatic rings. The van der Waals surface area contributed by atoms with E-state index < -0.39 is 11.4 Å². The fourth-order valence-electron chi connectivity index (χ4n) is 1.75. The Balaban J connectivity index is 2.41. The van der Waals surface area contributed by atoms with Crippen molar-refractivity contribution in [3.63, 3.8) is 0 Å². The second kappa shape index (κ2) is 7.08. The fraction of sp³-hybridized carbons (Fsp3) is 0.500. The van der Waals surface area contributed by atoms with Gasteiger partial charge in [0.25, 0.3) is 0 Å². The second-order valence-electron chi connectivity index (χ2n) is 5.48. The first kappa shape index (κ1) is 16.2. The number of amides is 1. The molecule has 4 nitrogen and oxygen atoms in total. The molecule has 20 heavy (non-hydrogen) atoms. The summed E-state index contributed by atoms with van der Waals surface area (Å²) in [6.45, 7) is 5.65. The zero-order valence-corrected chi connectivity index (χ0v) is 12.4. The Bertz CT molecular complexity index is 467. The van der Waals surface area contributed by atoms with E-state index in [2.05, 4.69) is 5.32 Å². The Kier molecular flexibility index (Phi) is 5.74. The molecule has 0 aliphatic heterocycles. The first-order chi connectivity index (χ1) is 9.37. The van der Waals surface area contributed by atoms with E-state index in [-0.39, 0.29) is 12.5 Å². The molecule has 0 aliphatic rings. The van der Waals surface area contributed by atoms with Crippen molar-refractivity contribution in [3.05, 3.63) is 35.4 Å². The van der Waals surface area contributed by atoms with E-state index in [4.69, 9.17) is 5.11 Å². The summed E-state index contributed by atoms with van der Waals surface area (Å²) in [6, 6.07) is 8.06. The predicted molar refractivity (Wildman–Crippen MR) is 78.5 cm³/mol. The predicted octanol–water partition coefficient (Wildman–Crippen LogP) is 2.54. The number of benzene rings is 1. The summed E-state index contributed by atoms with van der Waals surface area (Å²) in [5.41, 5.74) is 1.42. The first-order valence-corrected chi connectivity index (χ1v) is 6.93. The molecule has 1 rings (SSSR count). The number of carboxylic acid groups (broad SMARTS) is 1. The van der Waals surface area contributed by atoms with Gasteiger partial charge in [-0.15, -0.1) is 0 Å². The second-order valence-corrected chi connectivity index (χ2v) is 5.48. The number of nitrogens with one attached hydrogen (secondary N) is 1. The van der Waals surface area contributed by atoms with Gasteiger partial charge < -0.3 is 10.4 Å². The lowest BCUT2D eigenvalue weighted by Gasteiger charge is -2.23. The fourth-order valence-corrected chi connectivity index (χ4v) is 1.75. The molecule has 1 unspecified atom stereocenters. The van der Waals surface area contributed by atoms with Crippen LogP contribution in [0.3, 0.4) is 0 Å². The number of aryl methyl sites for hydroxylation is 2. The summed E-state index contributed by atoms with van der Waals surface area (Å²) in [6.07, 6.45) is 1.53. The molecule has 0 aliphatic carbocycles. The molecule has 2 N–H and O–H groups in total. The average molecular weight is 277 g/mol. The zero-order chi connectivity index (χ0) is 15.2. The number of hydrogen-bond donors (Lipinski definition) is 2. The highest BCUT2D eigenvalue weighted by atomic mass is 16.4. The number of hydrogen-bond acceptors (Lipinski definition) is 2. The van der Waals surface area contributed by atoms with Crippen LogP contribution in [0.15, 0.2) is 24.3 Å². The third-order valence-electron chi connectivity index (χ3n) is 3.73. The molecule has 1 amide bonds. The third kappa shape index (κ3) is 4.68. The van der Waals surface area contributed by atoms with Crippen molar-refractivity contribution in [2.75, 3.05) is 6.54 Å². The van der Waals surface area contributed by atoms with Gasteiger partial charge >= 0.3 is 5.97 Å². The molecule has 0 aromatic heterocycles. The smallest absolute Gasteiger partial charge is 0.311 e. The summed E-state index contributed by atoms with van der Waals surface area (Å²) in [7, 11) is 0. The molecule has 4 heteroatoms. The van der Waals surface area contributed by atoms with Crippen LogP contribution < -0.4 is 5.32 Å². The minimum Gasteiger partial charge on any atom is -0.481 e. The van der Waals surface area contributed by atoms with Gasteiger partial charge in [-0.1, -0.05) is 36.8 Å². The molecular weight excluding hydrogens is 254 g/mol. The summed E-state index contributed by atoms with van der Waals surface area (Å²) in [5, 5.41) is 11.8. The van der Waals surface area contributed by atoms with E-state index in [0.29, 0.717) is 19.3 Å². The van der Waals surface area contributed by atoms with Crippen LogP contribution in [0.5, 0.6) is 0 Å². The molecular formula is C16H23NO3. The number of carboxylic acids is 1. The number of carbonyl (C=O) groups excluding carboxylic acids is 1. The van der Waals surface area contributed by atoms with Gasteiger partial charge in [0.05, 0.1) is 5.41 Å². The quantitative estimate of drug-likeness (QED) is 0.805. The lowest BCUT2D eigenvalue weighted by atomic mass is 9.87. The van der Waals surface area contributed by atoms with E-state index >= 15 is 0 Å². The van der Waals surface area contributed by atoms with Crippen molar-refractivity contribution in [2.45, 2.75) is 40.0 Å². The Hall–Kier alpha value is -1.84. The van der Waals surface area contributed by atoms with Gasteiger partial charge in [0, 0.05) is 13.0 Å². The first-order valence-electron chi connectivity index (χ1n) is 6.93. The Morgan fingerprint density at radius 3 is 2.35 bits per heavy atom. The van der Waals surface area contributed by atoms with Gasteiger partial charge in [0.2, 0.25) is 5.91 Å². The average Bonchev–Trinajstić information content (AvgIpc) is 2.43. The third-order valence-corrected chi connectivity index (χ3v) is 3.73. The Morgan fingerprint density at radius 1 is 1.25 bits per heavy atom. The molecule has 0 saturated heterocycles. The molecule has 0 radical (unpaired) electrons. The highest BCUT2D eigenvalue weighted by Crippen LogP contribution is 2.19. The standard InChI is InChI=1S/C16H23NO3/c1-4-16(3,15(19)20)11-17-14(18)10-9-13-7-5-12(2)6-8-13/h5-8H,4,9-11H2,1-3H3,(H,17,18)(H,19,20). The molecule has 0 heterocycles. The van der Waals surface area contributed by atoms with Crippen LogP contribution in [-0.2, 0) is 16.0 Å².